The molecule has 0 unspecified atom stereocenters. The normalized spacial score (nSPS) is 14.0. The van der Waals surface area contributed by atoms with Gasteiger partial charge in [-0.25, -0.2) is 0 Å². The molecule has 0 radical (unpaired) electrons. The van der Waals surface area contributed by atoms with Gasteiger partial charge in [-0.1, -0.05) is 6.92 Å². The number of aromatic nitrogens is 1. The Balaban J connectivity index is 2.15. The van der Waals surface area contributed by atoms with E-state index in [-0.39, 0.29) is 5.78 Å². The molecule has 0 atom stereocenters. The van der Waals surface area contributed by atoms with Gasteiger partial charge in [0.05, 0.1) is 12.6 Å². The molecule has 3 aromatic rings. The van der Waals surface area contributed by atoms with Crippen LogP contribution in [0.3, 0.4) is 0 Å². The van der Waals surface area contributed by atoms with E-state index in [2.05, 4.69) is 29.7 Å². The topological polar surface area (TPSA) is 31.2 Å². The molecule has 2 aromatic carbocycles. The first-order chi connectivity index (χ1) is 10.7. The first-order valence-electron chi connectivity index (χ1n) is 7.89. The molecule has 3 nitrogen and oxygen atoms in total. The highest BCUT2D eigenvalue weighted by Crippen LogP contribution is 2.38. The summed E-state index contributed by atoms with van der Waals surface area (Å²) in [5, 5.41) is 2.49. The predicted molar refractivity (Wildman–Crippen MR) is 88.9 cm³/mol. The third-order valence-corrected chi connectivity index (χ3v) is 4.70. The van der Waals surface area contributed by atoms with Crippen molar-refractivity contribution in [2.45, 2.75) is 32.7 Å². The summed E-state index contributed by atoms with van der Waals surface area (Å²) >= 11 is 0. The minimum absolute atomic E-state index is 0.279. The van der Waals surface area contributed by atoms with E-state index < -0.39 is 0 Å². The van der Waals surface area contributed by atoms with Crippen LogP contribution in [0.1, 0.15) is 35.7 Å². The van der Waals surface area contributed by atoms with Gasteiger partial charge in [0.25, 0.3) is 0 Å². The van der Waals surface area contributed by atoms with Gasteiger partial charge in [-0.2, -0.15) is 0 Å². The van der Waals surface area contributed by atoms with Crippen LogP contribution in [0, 0.1) is 0 Å². The van der Waals surface area contributed by atoms with Crippen molar-refractivity contribution in [3.63, 3.8) is 0 Å². The van der Waals surface area contributed by atoms with Gasteiger partial charge in [0.15, 0.2) is 5.78 Å². The second kappa shape index (κ2) is 4.87. The van der Waals surface area contributed by atoms with Gasteiger partial charge in [0, 0.05) is 40.9 Å². The van der Waals surface area contributed by atoms with Gasteiger partial charge in [-0.15, -0.1) is 0 Å². The highest BCUT2D eigenvalue weighted by atomic mass is 16.5. The summed E-state index contributed by atoms with van der Waals surface area (Å²) in [4.78, 5) is 12.1. The Morgan fingerprint density at radius 3 is 2.77 bits per heavy atom. The number of aryl methyl sites for hydroxylation is 2. The molecule has 0 amide bonds. The Morgan fingerprint density at radius 2 is 2.00 bits per heavy atom. The Bertz CT molecular complexity index is 905. The molecule has 0 saturated heterocycles. The van der Waals surface area contributed by atoms with Crippen molar-refractivity contribution in [3.8, 4) is 5.75 Å². The van der Waals surface area contributed by atoms with Crippen molar-refractivity contribution < 1.29 is 9.53 Å². The molecular formula is C19H19NO2. The first kappa shape index (κ1) is 13.4. The van der Waals surface area contributed by atoms with Crippen LogP contribution < -0.4 is 4.74 Å². The van der Waals surface area contributed by atoms with Gasteiger partial charge in [0.1, 0.15) is 5.75 Å². The van der Waals surface area contributed by atoms with Crippen LogP contribution in [0.15, 0.2) is 30.3 Å². The molecule has 1 aromatic heterocycles. The second-order valence-corrected chi connectivity index (χ2v) is 5.94. The summed E-state index contributed by atoms with van der Waals surface area (Å²) in [5.41, 5.74) is 4.58. The zero-order valence-corrected chi connectivity index (χ0v) is 13.0. The maximum Gasteiger partial charge on any atom is 0.163 e. The zero-order valence-electron chi connectivity index (χ0n) is 13.0. The lowest BCUT2D eigenvalue weighted by Crippen LogP contribution is -1.97. The van der Waals surface area contributed by atoms with E-state index in [0.29, 0.717) is 6.42 Å². The SMILES string of the molecule is CCCn1c2cc(OC)ccc2c2c3c(ccc21)C(=O)CC3. The van der Waals surface area contributed by atoms with E-state index >= 15 is 0 Å². The van der Waals surface area contributed by atoms with Crippen molar-refractivity contribution in [3.05, 3.63) is 41.5 Å². The van der Waals surface area contributed by atoms with Gasteiger partial charge >= 0.3 is 0 Å². The average Bonchev–Trinajstić information content (AvgIpc) is 3.06. The molecule has 0 N–H and O–H groups in total. The van der Waals surface area contributed by atoms with Gasteiger partial charge in [-0.3, -0.25) is 4.79 Å². The highest BCUT2D eigenvalue weighted by molar-refractivity contribution is 6.15. The zero-order chi connectivity index (χ0) is 15.3. The van der Waals surface area contributed by atoms with Gasteiger partial charge in [-0.05, 0) is 42.7 Å². The Kier molecular flexibility index (Phi) is 2.96. The molecule has 0 fully saturated rings. The van der Waals surface area contributed by atoms with E-state index in [0.717, 1.165) is 30.7 Å². The number of hydrogen-bond donors (Lipinski definition) is 0. The quantitative estimate of drug-likeness (QED) is 0.719. The third-order valence-electron chi connectivity index (χ3n) is 4.70. The minimum atomic E-state index is 0.279. The molecule has 112 valence electrons. The molecule has 3 heteroatoms. The Labute approximate surface area is 129 Å². The molecule has 0 spiro atoms. The van der Waals surface area contributed by atoms with E-state index in [9.17, 15) is 4.79 Å². The number of Topliss-reactive ketones (excluding diaryl/α,β-unsaturated/α-hetero) is 1. The third kappa shape index (κ3) is 1.71. The lowest BCUT2D eigenvalue weighted by molar-refractivity contribution is 0.0994. The predicted octanol–water partition coefficient (Wildman–Crippen LogP) is 4.34. The van der Waals surface area contributed by atoms with Crippen molar-refractivity contribution in [1.82, 2.24) is 4.57 Å². The summed E-state index contributed by atoms with van der Waals surface area (Å²) in [5.74, 6) is 1.15. The molecule has 0 aliphatic heterocycles. The largest absolute Gasteiger partial charge is 0.497 e. The smallest absolute Gasteiger partial charge is 0.163 e. The van der Waals surface area contributed by atoms with Crippen LogP contribution in [0.4, 0.5) is 0 Å². The van der Waals surface area contributed by atoms with E-state index in [1.807, 2.05) is 12.1 Å². The number of benzene rings is 2. The molecule has 1 aliphatic carbocycles. The fraction of sp³-hybridized carbons (Fsp3) is 0.316. The lowest BCUT2D eigenvalue weighted by atomic mass is 10.0. The number of carbonyl (C=O) groups is 1. The maximum atomic E-state index is 12.1. The molecule has 4 rings (SSSR count). The Hall–Kier alpha value is -2.29. The van der Waals surface area contributed by atoms with E-state index in [4.69, 9.17) is 4.74 Å². The number of ketones is 1. The fourth-order valence-electron chi connectivity index (χ4n) is 3.72. The summed E-state index contributed by atoms with van der Waals surface area (Å²) in [6.45, 7) is 3.16. The first-order valence-corrected chi connectivity index (χ1v) is 7.89. The summed E-state index contributed by atoms with van der Waals surface area (Å²) in [6, 6.07) is 10.4. The van der Waals surface area contributed by atoms with E-state index in [1.54, 1.807) is 7.11 Å². The number of methoxy groups -OCH3 is 1. The van der Waals surface area contributed by atoms with Crippen molar-refractivity contribution in [2.75, 3.05) is 7.11 Å². The number of rotatable bonds is 3. The number of carbonyl (C=O) groups excluding carboxylic acids is 1. The number of ether oxygens (including phenoxy) is 1. The summed E-state index contributed by atoms with van der Waals surface area (Å²) < 4.78 is 7.75. The van der Waals surface area contributed by atoms with Gasteiger partial charge in [0.2, 0.25) is 0 Å². The summed E-state index contributed by atoms with van der Waals surface area (Å²) in [7, 11) is 1.70. The molecule has 1 heterocycles. The van der Waals surface area contributed by atoms with Crippen LogP contribution in [0.5, 0.6) is 5.75 Å². The number of nitrogens with zero attached hydrogens (tertiary/aromatic N) is 1. The monoisotopic (exact) mass is 293 g/mol. The minimum Gasteiger partial charge on any atom is -0.497 e. The maximum absolute atomic E-state index is 12.1. The van der Waals surface area contributed by atoms with Crippen LogP contribution in [-0.2, 0) is 13.0 Å². The standard InChI is InChI=1S/C19H19NO2/c1-3-10-20-16-8-6-13-14(7-9-18(13)21)19(16)15-5-4-12(22-2)11-17(15)20/h4-6,8,11H,3,7,9-10H2,1-2H3. The molecule has 0 bridgehead atoms. The highest BCUT2D eigenvalue weighted by Gasteiger charge is 2.24. The average molecular weight is 293 g/mol. The van der Waals surface area contributed by atoms with Crippen molar-refractivity contribution >= 4 is 27.6 Å². The van der Waals surface area contributed by atoms with Crippen molar-refractivity contribution in [2.24, 2.45) is 0 Å². The van der Waals surface area contributed by atoms with Crippen LogP contribution in [0.2, 0.25) is 0 Å². The molecular weight excluding hydrogens is 274 g/mol. The van der Waals surface area contributed by atoms with Crippen LogP contribution in [-0.4, -0.2) is 17.5 Å². The molecule has 1 aliphatic rings. The van der Waals surface area contributed by atoms with Gasteiger partial charge < -0.3 is 9.30 Å². The molecule has 22 heavy (non-hydrogen) atoms. The Morgan fingerprint density at radius 1 is 1.14 bits per heavy atom. The fourth-order valence-corrected chi connectivity index (χ4v) is 3.72. The van der Waals surface area contributed by atoms with Crippen molar-refractivity contribution in [1.29, 1.82) is 0 Å². The second-order valence-electron chi connectivity index (χ2n) is 5.94. The van der Waals surface area contributed by atoms with E-state index in [1.165, 1.54) is 27.4 Å². The summed E-state index contributed by atoms with van der Waals surface area (Å²) in [6.07, 6.45) is 2.58. The van der Waals surface area contributed by atoms with Crippen LogP contribution in [0.25, 0.3) is 21.8 Å². The molecule has 0 saturated carbocycles. The van der Waals surface area contributed by atoms with Crippen LogP contribution >= 0.6 is 0 Å². The number of hydrogen-bond acceptors (Lipinski definition) is 2. The lowest BCUT2D eigenvalue weighted by Gasteiger charge is -2.06. The number of fused-ring (bicyclic) bond motifs is 5.